The van der Waals surface area contributed by atoms with Crippen LogP contribution in [-0.2, 0) is 0 Å². The van der Waals surface area contributed by atoms with Gasteiger partial charge in [-0.05, 0) is 31.2 Å². The SMILES string of the molecule is Cc1cnc(NCC2CN(c3ccc(-c4ccncc4)nn3)C2)cn1. The van der Waals surface area contributed by atoms with Crippen molar-refractivity contribution >= 4 is 11.6 Å². The van der Waals surface area contributed by atoms with Crippen LogP contribution in [0.2, 0.25) is 0 Å². The molecule has 3 aromatic heterocycles. The Morgan fingerprint density at radius 3 is 2.56 bits per heavy atom. The monoisotopic (exact) mass is 333 g/mol. The van der Waals surface area contributed by atoms with E-state index in [0.717, 1.165) is 48.2 Å². The molecule has 0 spiro atoms. The predicted octanol–water partition coefficient (Wildman–Crippen LogP) is 2.19. The molecule has 0 saturated carbocycles. The van der Waals surface area contributed by atoms with Gasteiger partial charge in [0.05, 0.1) is 23.8 Å². The van der Waals surface area contributed by atoms with Crippen LogP contribution in [0.25, 0.3) is 11.3 Å². The molecule has 3 aromatic rings. The van der Waals surface area contributed by atoms with Gasteiger partial charge in [0.25, 0.3) is 0 Å². The Balaban J connectivity index is 1.29. The molecule has 4 heterocycles. The third-order valence-corrected chi connectivity index (χ3v) is 4.26. The fourth-order valence-electron chi connectivity index (χ4n) is 2.79. The Morgan fingerprint density at radius 1 is 1.04 bits per heavy atom. The summed E-state index contributed by atoms with van der Waals surface area (Å²) in [5.74, 6) is 2.32. The fourth-order valence-corrected chi connectivity index (χ4v) is 2.79. The van der Waals surface area contributed by atoms with Crippen LogP contribution in [0, 0.1) is 12.8 Å². The molecule has 7 heteroatoms. The second-order valence-electron chi connectivity index (χ2n) is 6.21. The molecule has 7 nitrogen and oxygen atoms in total. The second-order valence-corrected chi connectivity index (χ2v) is 6.21. The van der Waals surface area contributed by atoms with E-state index in [1.807, 2.05) is 31.2 Å². The summed E-state index contributed by atoms with van der Waals surface area (Å²) in [4.78, 5) is 14.8. The molecule has 0 bridgehead atoms. The Morgan fingerprint density at radius 2 is 1.88 bits per heavy atom. The van der Waals surface area contributed by atoms with Gasteiger partial charge < -0.3 is 10.2 Å². The Kier molecular flexibility index (Phi) is 4.20. The minimum atomic E-state index is 0.574. The van der Waals surface area contributed by atoms with E-state index in [-0.39, 0.29) is 0 Å². The molecule has 25 heavy (non-hydrogen) atoms. The summed E-state index contributed by atoms with van der Waals surface area (Å²) >= 11 is 0. The zero-order chi connectivity index (χ0) is 17.1. The van der Waals surface area contributed by atoms with E-state index in [1.54, 1.807) is 24.8 Å². The summed E-state index contributed by atoms with van der Waals surface area (Å²) < 4.78 is 0. The van der Waals surface area contributed by atoms with Gasteiger partial charge >= 0.3 is 0 Å². The summed E-state index contributed by atoms with van der Waals surface area (Å²) in [5, 5.41) is 12.0. The molecule has 0 aliphatic carbocycles. The van der Waals surface area contributed by atoms with Crippen molar-refractivity contribution in [2.75, 3.05) is 29.9 Å². The van der Waals surface area contributed by atoms with Gasteiger partial charge in [0.2, 0.25) is 0 Å². The van der Waals surface area contributed by atoms with Crippen LogP contribution in [0.1, 0.15) is 5.69 Å². The van der Waals surface area contributed by atoms with Crippen molar-refractivity contribution in [3.8, 4) is 11.3 Å². The van der Waals surface area contributed by atoms with E-state index in [0.29, 0.717) is 5.92 Å². The van der Waals surface area contributed by atoms with Crippen molar-refractivity contribution in [1.82, 2.24) is 25.1 Å². The smallest absolute Gasteiger partial charge is 0.151 e. The number of rotatable bonds is 5. The van der Waals surface area contributed by atoms with Crippen LogP contribution < -0.4 is 10.2 Å². The summed E-state index contributed by atoms with van der Waals surface area (Å²) in [7, 11) is 0. The number of nitrogens with zero attached hydrogens (tertiary/aromatic N) is 6. The van der Waals surface area contributed by atoms with Crippen LogP contribution in [0.4, 0.5) is 11.6 Å². The minimum Gasteiger partial charge on any atom is -0.368 e. The lowest BCUT2D eigenvalue weighted by molar-refractivity contribution is 0.425. The highest BCUT2D eigenvalue weighted by molar-refractivity contribution is 5.59. The predicted molar refractivity (Wildman–Crippen MR) is 96.2 cm³/mol. The molecule has 1 fully saturated rings. The molecule has 1 N–H and O–H groups in total. The van der Waals surface area contributed by atoms with Crippen LogP contribution in [-0.4, -0.2) is 44.8 Å². The van der Waals surface area contributed by atoms with Crippen molar-refractivity contribution in [2.24, 2.45) is 5.92 Å². The van der Waals surface area contributed by atoms with E-state index >= 15 is 0 Å². The molecule has 1 saturated heterocycles. The van der Waals surface area contributed by atoms with Crippen LogP contribution >= 0.6 is 0 Å². The molecule has 4 rings (SSSR count). The number of nitrogens with one attached hydrogen (secondary N) is 1. The quantitative estimate of drug-likeness (QED) is 0.766. The lowest BCUT2D eigenvalue weighted by atomic mass is 10.0. The van der Waals surface area contributed by atoms with E-state index in [4.69, 9.17) is 0 Å². The number of aromatic nitrogens is 5. The summed E-state index contributed by atoms with van der Waals surface area (Å²) in [6, 6.07) is 7.90. The number of hydrogen-bond donors (Lipinski definition) is 1. The number of anilines is 2. The normalized spacial score (nSPS) is 14.2. The molecule has 1 aliphatic heterocycles. The average molecular weight is 333 g/mol. The lowest BCUT2D eigenvalue weighted by Gasteiger charge is -2.40. The van der Waals surface area contributed by atoms with Gasteiger partial charge in [-0.2, -0.15) is 0 Å². The summed E-state index contributed by atoms with van der Waals surface area (Å²) in [5.41, 5.74) is 2.82. The van der Waals surface area contributed by atoms with Gasteiger partial charge in [0.15, 0.2) is 5.82 Å². The van der Waals surface area contributed by atoms with Gasteiger partial charge in [0, 0.05) is 43.5 Å². The zero-order valence-electron chi connectivity index (χ0n) is 14.0. The first-order valence-corrected chi connectivity index (χ1v) is 8.29. The molecule has 0 unspecified atom stereocenters. The molecule has 0 atom stereocenters. The van der Waals surface area contributed by atoms with Gasteiger partial charge in [-0.3, -0.25) is 9.97 Å². The third-order valence-electron chi connectivity index (χ3n) is 4.26. The van der Waals surface area contributed by atoms with Crippen molar-refractivity contribution in [1.29, 1.82) is 0 Å². The van der Waals surface area contributed by atoms with Crippen LogP contribution in [0.5, 0.6) is 0 Å². The Labute approximate surface area is 146 Å². The Hall–Kier alpha value is -3.09. The first-order valence-electron chi connectivity index (χ1n) is 8.29. The Bertz CT molecular complexity index is 812. The highest BCUT2D eigenvalue weighted by Gasteiger charge is 2.27. The zero-order valence-corrected chi connectivity index (χ0v) is 14.0. The van der Waals surface area contributed by atoms with Gasteiger partial charge in [0.1, 0.15) is 5.82 Å². The summed E-state index contributed by atoms with van der Waals surface area (Å²) in [6.07, 6.45) is 7.07. The number of aryl methyl sites for hydroxylation is 1. The third kappa shape index (κ3) is 3.55. The average Bonchev–Trinajstić information content (AvgIpc) is 2.63. The second kappa shape index (κ2) is 6.80. The van der Waals surface area contributed by atoms with Gasteiger partial charge in [-0.1, -0.05) is 0 Å². The van der Waals surface area contributed by atoms with E-state index in [9.17, 15) is 0 Å². The van der Waals surface area contributed by atoms with E-state index in [1.165, 1.54) is 0 Å². The van der Waals surface area contributed by atoms with E-state index < -0.39 is 0 Å². The fraction of sp³-hybridized carbons (Fsp3) is 0.278. The van der Waals surface area contributed by atoms with Gasteiger partial charge in [-0.15, -0.1) is 10.2 Å². The maximum Gasteiger partial charge on any atom is 0.151 e. The summed E-state index contributed by atoms with van der Waals surface area (Å²) in [6.45, 7) is 4.75. The van der Waals surface area contributed by atoms with Crippen LogP contribution in [0.15, 0.2) is 49.1 Å². The highest BCUT2D eigenvalue weighted by atomic mass is 15.3. The molecule has 0 aromatic carbocycles. The molecule has 0 amide bonds. The highest BCUT2D eigenvalue weighted by Crippen LogP contribution is 2.24. The minimum absolute atomic E-state index is 0.574. The standard InChI is InChI=1S/C18H19N7/c1-13-8-21-17(10-20-13)22-9-14-11-25(12-14)18-3-2-16(23-24-18)15-4-6-19-7-5-15/h2-8,10,14H,9,11-12H2,1H3,(H,21,22). The first-order chi connectivity index (χ1) is 12.3. The van der Waals surface area contributed by atoms with Gasteiger partial charge in [-0.25, -0.2) is 4.98 Å². The lowest BCUT2D eigenvalue weighted by Crippen LogP contribution is -2.50. The molecule has 0 radical (unpaired) electrons. The number of pyridine rings is 1. The van der Waals surface area contributed by atoms with Crippen molar-refractivity contribution in [3.63, 3.8) is 0 Å². The van der Waals surface area contributed by atoms with Crippen molar-refractivity contribution in [2.45, 2.75) is 6.92 Å². The maximum atomic E-state index is 4.35. The molecular weight excluding hydrogens is 314 g/mol. The maximum absolute atomic E-state index is 4.35. The first kappa shape index (κ1) is 15.4. The van der Waals surface area contributed by atoms with E-state index in [2.05, 4.69) is 35.4 Å². The van der Waals surface area contributed by atoms with Crippen LogP contribution in [0.3, 0.4) is 0 Å². The van der Waals surface area contributed by atoms with Crippen molar-refractivity contribution in [3.05, 3.63) is 54.7 Å². The molecule has 126 valence electrons. The largest absolute Gasteiger partial charge is 0.368 e. The molecular formula is C18H19N7. The topological polar surface area (TPSA) is 79.7 Å². The molecule has 1 aliphatic rings. The van der Waals surface area contributed by atoms with Crippen molar-refractivity contribution < 1.29 is 0 Å². The number of hydrogen-bond acceptors (Lipinski definition) is 7.